The average molecular weight is 157 g/mol. The molecule has 0 N–H and O–H groups in total. The van der Waals surface area contributed by atoms with Gasteiger partial charge in [0.2, 0.25) is 0 Å². The summed E-state index contributed by atoms with van der Waals surface area (Å²) in [5, 5.41) is 16.8. The first kappa shape index (κ1) is 8.23. The third-order valence-corrected chi connectivity index (χ3v) is 1.42. The van der Waals surface area contributed by atoms with E-state index in [2.05, 4.69) is 4.98 Å². The Morgan fingerprint density at radius 1 is 1.08 bits per heavy atom. The van der Waals surface area contributed by atoms with Crippen LogP contribution in [0.15, 0.2) is 18.5 Å². The Hall–Kier alpha value is -1.87. The van der Waals surface area contributed by atoms with E-state index >= 15 is 0 Å². The highest BCUT2D eigenvalue weighted by Crippen LogP contribution is 2.03. The molecule has 0 radical (unpaired) electrons. The van der Waals surface area contributed by atoms with Crippen LogP contribution in [0.1, 0.15) is 11.1 Å². The molecule has 1 rings (SSSR count). The van der Waals surface area contributed by atoms with Gasteiger partial charge >= 0.3 is 0 Å². The molecule has 0 spiro atoms. The summed E-state index contributed by atoms with van der Waals surface area (Å²) in [5.74, 6) is 0. The summed E-state index contributed by atoms with van der Waals surface area (Å²) in [6, 6.07) is 5.89. The molecule has 3 nitrogen and oxygen atoms in total. The lowest BCUT2D eigenvalue weighted by Crippen LogP contribution is -1.88. The fraction of sp³-hybridized carbons (Fsp3) is 0.222. The highest BCUT2D eigenvalue weighted by atomic mass is 14.6. The van der Waals surface area contributed by atoms with Crippen LogP contribution in [0.3, 0.4) is 0 Å². The van der Waals surface area contributed by atoms with Gasteiger partial charge in [0.15, 0.2) is 0 Å². The Bertz CT molecular complexity index is 312. The van der Waals surface area contributed by atoms with Crippen molar-refractivity contribution >= 4 is 0 Å². The molecule has 3 heteroatoms. The normalized spacial score (nSPS) is 8.50. The second kappa shape index (κ2) is 4.10. The van der Waals surface area contributed by atoms with Gasteiger partial charge in [0.1, 0.15) is 0 Å². The molecule has 0 aliphatic heterocycles. The number of rotatable bonds is 2. The fourth-order valence-corrected chi connectivity index (χ4v) is 0.917. The molecule has 0 saturated heterocycles. The summed E-state index contributed by atoms with van der Waals surface area (Å²) in [4.78, 5) is 3.92. The van der Waals surface area contributed by atoms with Crippen LogP contribution in [0.4, 0.5) is 0 Å². The Morgan fingerprint density at radius 2 is 1.58 bits per heavy atom. The average Bonchev–Trinajstić information content (AvgIpc) is 2.06. The third-order valence-electron chi connectivity index (χ3n) is 1.42. The maximum atomic E-state index is 8.40. The summed E-state index contributed by atoms with van der Waals surface area (Å²) in [7, 11) is 0. The van der Waals surface area contributed by atoms with Crippen molar-refractivity contribution in [3.8, 4) is 12.1 Å². The van der Waals surface area contributed by atoms with Crippen LogP contribution in [-0.4, -0.2) is 4.98 Å². The minimum Gasteiger partial charge on any atom is -0.264 e. The van der Waals surface area contributed by atoms with E-state index in [1.165, 1.54) is 0 Å². The monoisotopic (exact) mass is 157 g/mol. The van der Waals surface area contributed by atoms with Crippen molar-refractivity contribution in [2.75, 3.05) is 0 Å². The first-order valence-electron chi connectivity index (χ1n) is 3.53. The van der Waals surface area contributed by atoms with E-state index in [4.69, 9.17) is 10.5 Å². The van der Waals surface area contributed by atoms with Crippen molar-refractivity contribution in [3.05, 3.63) is 29.6 Å². The number of hydrogen-bond acceptors (Lipinski definition) is 3. The van der Waals surface area contributed by atoms with Crippen molar-refractivity contribution < 1.29 is 0 Å². The molecule has 0 aromatic carbocycles. The zero-order chi connectivity index (χ0) is 8.81. The topological polar surface area (TPSA) is 60.5 Å². The van der Waals surface area contributed by atoms with Gasteiger partial charge in [-0.15, -0.1) is 0 Å². The van der Waals surface area contributed by atoms with Gasteiger partial charge in [-0.1, -0.05) is 6.07 Å². The van der Waals surface area contributed by atoms with Crippen molar-refractivity contribution in [1.29, 1.82) is 10.5 Å². The van der Waals surface area contributed by atoms with Gasteiger partial charge < -0.3 is 0 Å². The standard InChI is InChI=1S/C9H7N3/c10-3-1-8-5-9(2-4-11)7-12-6-8/h5-7H,1-2H2. The summed E-state index contributed by atoms with van der Waals surface area (Å²) in [6.07, 6.45) is 3.99. The van der Waals surface area contributed by atoms with Gasteiger partial charge in [-0.2, -0.15) is 10.5 Å². The fourth-order valence-electron chi connectivity index (χ4n) is 0.917. The van der Waals surface area contributed by atoms with Crippen molar-refractivity contribution in [3.63, 3.8) is 0 Å². The first-order chi connectivity index (χ1) is 5.86. The summed E-state index contributed by atoms with van der Waals surface area (Å²) in [5.41, 5.74) is 1.73. The number of pyridine rings is 1. The molecular formula is C9H7N3. The predicted octanol–water partition coefficient (Wildman–Crippen LogP) is 1.21. The van der Waals surface area contributed by atoms with Gasteiger partial charge in [-0.05, 0) is 11.1 Å². The molecule has 12 heavy (non-hydrogen) atoms. The smallest absolute Gasteiger partial charge is 0.0670 e. The lowest BCUT2D eigenvalue weighted by atomic mass is 10.1. The van der Waals surface area contributed by atoms with E-state index in [-0.39, 0.29) is 0 Å². The minimum absolute atomic E-state index is 0.353. The van der Waals surface area contributed by atoms with Crippen LogP contribution in [-0.2, 0) is 12.8 Å². The van der Waals surface area contributed by atoms with Crippen LogP contribution in [0, 0.1) is 22.7 Å². The van der Waals surface area contributed by atoms with Gasteiger partial charge in [0.05, 0.1) is 25.0 Å². The van der Waals surface area contributed by atoms with E-state index in [9.17, 15) is 0 Å². The maximum Gasteiger partial charge on any atom is 0.0670 e. The summed E-state index contributed by atoms with van der Waals surface area (Å²) < 4.78 is 0. The molecule has 0 aliphatic rings. The number of hydrogen-bond donors (Lipinski definition) is 0. The highest BCUT2D eigenvalue weighted by Gasteiger charge is 1.95. The largest absolute Gasteiger partial charge is 0.264 e. The molecule has 1 aromatic rings. The summed E-state index contributed by atoms with van der Waals surface area (Å²) >= 11 is 0. The molecule has 0 unspecified atom stereocenters. The lowest BCUT2D eigenvalue weighted by molar-refractivity contribution is 1.13. The molecule has 0 bridgehead atoms. The van der Waals surface area contributed by atoms with Gasteiger partial charge in [0, 0.05) is 12.4 Å². The summed E-state index contributed by atoms with van der Waals surface area (Å²) in [6.45, 7) is 0. The van der Waals surface area contributed by atoms with E-state index in [0.29, 0.717) is 12.8 Å². The number of nitriles is 2. The maximum absolute atomic E-state index is 8.40. The second-order valence-electron chi connectivity index (χ2n) is 2.37. The molecule has 0 atom stereocenters. The molecule has 0 amide bonds. The van der Waals surface area contributed by atoms with E-state index in [0.717, 1.165) is 11.1 Å². The minimum atomic E-state index is 0.353. The van der Waals surface area contributed by atoms with Crippen molar-refractivity contribution in [2.45, 2.75) is 12.8 Å². The molecule has 1 aromatic heterocycles. The zero-order valence-electron chi connectivity index (χ0n) is 6.49. The van der Waals surface area contributed by atoms with Crippen LogP contribution in [0.25, 0.3) is 0 Å². The van der Waals surface area contributed by atoms with Crippen LogP contribution >= 0.6 is 0 Å². The van der Waals surface area contributed by atoms with Gasteiger partial charge in [-0.3, -0.25) is 4.98 Å². The Balaban J connectivity index is 2.84. The van der Waals surface area contributed by atoms with E-state index in [1.807, 2.05) is 18.2 Å². The van der Waals surface area contributed by atoms with Crippen molar-refractivity contribution in [1.82, 2.24) is 4.98 Å². The molecule has 0 fully saturated rings. The van der Waals surface area contributed by atoms with E-state index in [1.54, 1.807) is 12.4 Å². The molecule has 58 valence electrons. The van der Waals surface area contributed by atoms with Gasteiger partial charge in [0.25, 0.3) is 0 Å². The number of nitrogens with zero attached hydrogens (tertiary/aromatic N) is 3. The third kappa shape index (κ3) is 2.07. The molecule has 0 saturated carbocycles. The lowest BCUT2D eigenvalue weighted by Gasteiger charge is -1.95. The molecular weight excluding hydrogens is 150 g/mol. The van der Waals surface area contributed by atoms with Crippen LogP contribution in [0.2, 0.25) is 0 Å². The van der Waals surface area contributed by atoms with Crippen molar-refractivity contribution in [2.24, 2.45) is 0 Å². The van der Waals surface area contributed by atoms with E-state index < -0.39 is 0 Å². The quantitative estimate of drug-likeness (QED) is 0.648. The van der Waals surface area contributed by atoms with Gasteiger partial charge in [-0.25, -0.2) is 0 Å². The van der Waals surface area contributed by atoms with Crippen LogP contribution in [0.5, 0.6) is 0 Å². The Labute approximate surface area is 70.9 Å². The number of aromatic nitrogens is 1. The highest BCUT2D eigenvalue weighted by molar-refractivity contribution is 5.22. The second-order valence-corrected chi connectivity index (χ2v) is 2.37. The molecule has 0 aliphatic carbocycles. The Kier molecular flexibility index (Phi) is 2.81. The molecule has 1 heterocycles. The Morgan fingerprint density at radius 3 is 2.00 bits per heavy atom. The van der Waals surface area contributed by atoms with Crippen LogP contribution < -0.4 is 0 Å². The first-order valence-corrected chi connectivity index (χ1v) is 3.53. The predicted molar refractivity (Wildman–Crippen MR) is 42.9 cm³/mol. The zero-order valence-corrected chi connectivity index (χ0v) is 6.49. The SMILES string of the molecule is N#CCc1cncc(CC#N)c1.